The van der Waals surface area contributed by atoms with Gasteiger partial charge in [-0.3, -0.25) is 14.3 Å². The summed E-state index contributed by atoms with van der Waals surface area (Å²) in [4.78, 5) is 26.4. The summed E-state index contributed by atoms with van der Waals surface area (Å²) in [5, 5.41) is 10.0. The molecule has 0 saturated carbocycles. The molecule has 2 aliphatic heterocycles. The average molecular weight is 351 g/mol. The van der Waals surface area contributed by atoms with Crippen LogP contribution in [-0.4, -0.2) is 77.6 Å². The molecule has 0 aromatic carbocycles. The molecule has 0 spiro atoms. The lowest BCUT2D eigenvalue weighted by atomic mass is 10.2. The fraction of sp³-hybridized carbons (Fsp3) is 0.688. The van der Waals surface area contributed by atoms with Gasteiger partial charge in [-0.1, -0.05) is 0 Å². The summed E-state index contributed by atoms with van der Waals surface area (Å²) in [7, 11) is 0. The number of aromatic nitrogens is 2. The monoisotopic (exact) mass is 351 g/mol. The van der Waals surface area contributed by atoms with Gasteiger partial charge >= 0.3 is 0 Å². The van der Waals surface area contributed by atoms with Crippen LogP contribution in [0, 0.1) is 0 Å². The SMILES string of the molecule is CC1CN(C(=O)Cn2cc(NC(=O)C3COCCN3)cn2)CC(C)O1. The number of carbonyl (C=O) groups excluding carboxylic acids is 2. The Morgan fingerprint density at radius 1 is 1.36 bits per heavy atom. The Morgan fingerprint density at radius 2 is 2.12 bits per heavy atom. The van der Waals surface area contributed by atoms with Crippen LogP contribution < -0.4 is 10.6 Å². The Kier molecular flexibility index (Phi) is 5.67. The van der Waals surface area contributed by atoms with E-state index in [4.69, 9.17) is 9.47 Å². The Bertz CT molecular complexity index is 603. The molecule has 1 aromatic heterocycles. The van der Waals surface area contributed by atoms with E-state index in [1.54, 1.807) is 17.3 Å². The van der Waals surface area contributed by atoms with Crippen molar-refractivity contribution in [3.05, 3.63) is 12.4 Å². The molecule has 2 N–H and O–H groups in total. The smallest absolute Gasteiger partial charge is 0.244 e. The van der Waals surface area contributed by atoms with Gasteiger partial charge in [0.2, 0.25) is 11.8 Å². The van der Waals surface area contributed by atoms with Crippen molar-refractivity contribution in [2.75, 3.05) is 38.2 Å². The molecule has 0 radical (unpaired) electrons. The Labute approximate surface area is 146 Å². The van der Waals surface area contributed by atoms with Gasteiger partial charge in [0, 0.05) is 25.8 Å². The minimum atomic E-state index is -0.366. The molecule has 138 valence electrons. The van der Waals surface area contributed by atoms with Crippen LogP contribution in [0.2, 0.25) is 0 Å². The number of rotatable bonds is 4. The molecular weight excluding hydrogens is 326 g/mol. The predicted molar refractivity (Wildman–Crippen MR) is 90.1 cm³/mol. The fourth-order valence-electron chi connectivity index (χ4n) is 3.10. The molecule has 9 nitrogen and oxygen atoms in total. The molecule has 2 aliphatic rings. The quantitative estimate of drug-likeness (QED) is 0.755. The summed E-state index contributed by atoms with van der Waals surface area (Å²) in [6.45, 7) is 6.85. The lowest BCUT2D eigenvalue weighted by Gasteiger charge is -2.35. The van der Waals surface area contributed by atoms with E-state index in [1.807, 2.05) is 13.8 Å². The van der Waals surface area contributed by atoms with Crippen molar-refractivity contribution < 1.29 is 19.1 Å². The number of morpholine rings is 2. The van der Waals surface area contributed by atoms with Gasteiger partial charge in [-0.25, -0.2) is 0 Å². The number of nitrogens with zero attached hydrogens (tertiary/aromatic N) is 3. The van der Waals surface area contributed by atoms with E-state index in [1.165, 1.54) is 4.68 Å². The van der Waals surface area contributed by atoms with E-state index in [0.717, 1.165) is 0 Å². The van der Waals surface area contributed by atoms with Crippen LogP contribution in [0.3, 0.4) is 0 Å². The van der Waals surface area contributed by atoms with Crippen molar-refractivity contribution in [2.24, 2.45) is 0 Å². The van der Waals surface area contributed by atoms with Crippen molar-refractivity contribution >= 4 is 17.5 Å². The summed E-state index contributed by atoms with van der Waals surface area (Å²) >= 11 is 0. The third-order valence-electron chi connectivity index (χ3n) is 4.21. The Morgan fingerprint density at radius 3 is 2.80 bits per heavy atom. The van der Waals surface area contributed by atoms with Gasteiger partial charge in [0.05, 0.1) is 37.3 Å². The van der Waals surface area contributed by atoms with Gasteiger partial charge in [-0.05, 0) is 13.8 Å². The average Bonchev–Trinajstić information content (AvgIpc) is 3.01. The molecule has 3 heterocycles. The van der Waals surface area contributed by atoms with Gasteiger partial charge in [0.15, 0.2) is 0 Å². The first-order valence-electron chi connectivity index (χ1n) is 8.59. The highest BCUT2D eigenvalue weighted by Crippen LogP contribution is 2.12. The second-order valence-corrected chi connectivity index (χ2v) is 6.55. The molecule has 0 bridgehead atoms. The molecular formula is C16H25N5O4. The van der Waals surface area contributed by atoms with Gasteiger partial charge in [0.25, 0.3) is 0 Å². The van der Waals surface area contributed by atoms with E-state index in [9.17, 15) is 9.59 Å². The molecule has 3 atom stereocenters. The number of hydrogen-bond donors (Lipinski definition) is 2. The largest absolute Gasteiger partial charge is 0.378 e. The maximum Gasteiger partial charge on any atom is 0.244 e. The topological polar surface area (TPSA) is 97.7 Å². The summed E-state index contributed by atoms with van der Waals surface area (Å²) in [6.07, 6.45) is 3.27. The molecule has 1 aromatic rings. The normalized spacial score (nSPS) is 27.1. The van der Waals surface area contributed by atoms with Gasteiger partial charge < -0.3 is 25.0 Å². The zero-order valence-corrected chi connectivity index (χ0v) is 14.6. The molecule has 2 fully saturated rings. The van der Waals surface area contributed by atoms with Crippen LogP contribution in [-0.2, 0) is 25.6 Å². The van der Waals surface area contributed by atoms with Crippen molar-refractivity contribution in [1.82, 2.24) is 20.0 Å². The number of anilines is 1. The summed E-state index contributed by atoms with van der Waals surface area (Å²) in [5.41, 5.74) is 0.564. The first-order chi connectivity index (χ1) is 12.0. The van der Waals surface area contributed by atoms with Crippen molar-refractivity contribution in [3.63, 3.8) is 0 Å². The zero-order valence-electron chi connectivity index (χ0n) is 14.6. The second-order valence-electron chi connectivity index (χ2n) is 6.55. The molecule has 25 heavy (non-hydrogen) atoms. The number of hydrogen-bond acceptors (Lipinski definition) is 6. The summed E-state index contributed by atoms with van der Waals surface area (Å²) in [6, 6.07) is -0.366. The maximum absolute atomic E-state index is 12.4. The summed E-state index contributed by atoms with van der Waals surface area (Å²) < 4.78 is 12.5. The van der Waals surface area contributed by atoms with Crippen LogP contribution in [0.5, 0.6) is 0 Å². The van der Waals surface area contributed by atoms with Gasteiger partial charge in [-0.15, -0.1) is 0 Å². The van der Waals surface area contributed by atoms with E-state index in [0.29, 0.717) is 38.5 Å². The highest BCUT2D eigenvalue weighted by molar-refractivity contribution is 5.94. The van der Waals surface area contributed by atoms with Crippen LogP contribution >= 0.6 is 0 Å². The Hall–Kier alpha value is -1.97. The van der Waals surface area contributed by atoms with Gasteiger partial charge in [-0.2, -0.15) is 5.10 Å². The van der Waals surface area contributed by atoms with Crippen LogP contribution in [0.25, 0.3) is 0 Å². The fourth-order valence-corrected chi connectivity index (χ4v) is 3.10. The molecule has 3 rings (SSSR count). The maximum atomic E-state index is 12.4. The third kappa shape index (κ3) is 4.77. The lowest BCUT2D eigenvalue weighted by Crippen LogP contribution is -2.49. The second kappa shape index (κ2) is 7.94. The predicted octanol–water partition coefficient (Wildman–Crippen LogP) is -0.554. The van der Waals surface area contributed by atoms with E-state index in [-0.39, 0.29) is 36.6 Å². The van der Waals surface area contributed by atoms with Crippen molar-refractivity contribution in [1.29, 1.82) is 0 Å². The van der Waals surface area contributed by atoms with E-state index >= 15 is 0 Å². The van der Waals surface area contributed by atoms with Crippen LogP contribution in [0.4, 0.5) is 5.69 Å². The molecule has 3 unspecified atom stereocenters. The van der Waals surface area contributed by atoms with E-state index < -0.39 is 0 Å². The third-order valence-corrected chi connectivity index (χ3v) is 4.21. The number of nitrogens with one attached hydrogen (secondary N) is 2. The van der Waals surface area contributed by atoms with Crippen molar-refractivity contribution in [3.8, 4) is 0 Å². The number of carbonyl (C=O) groups is 2. The zero-order chi connectivity index (χ0) is 17.8. The minimum Gasteiger partial charge on any atom is -0.378 e. The highest BCUT2D eigenvalue weighted by atomic mass is 16.5. The number of ether oxygens (including phenoxy) is 2. The molecule has 9 heteroatoms. The lowest BCUT2D eigenvalue weighted by molar-refractivity contribution is -0.144. The van der Waals surface area contributed by atoms with Gasteiger partial charge in [0.1, 0.15) is 12.6 Å². The standard InChI is InChI=1S/C16H25N5O4/c1-11-6-20(7-12(2)25-11)15(22)9-21-8-13(5-18-21)19-16(23)14-10-24-4-3-17-14/h5,8,11-12,14,17H,3-4,6-7,9-10H2,1-2H3,(H,19,23). The van der Waals surface area contributed by atoms with E-state index in [2.05, 4.69) is 15.7 Å². The number of amides is 2. The molecule has 0 aliphatic carbocycles. The summed E-state index contributed by atoms with van der Waals surface area (Å²) in [5.74, 6) is -0.174. The molecule has 2 amide bonds. The Balaban J connectivity index is 1.52. The van der Waals surface area contributed by atoms with Crippen molar-refractivity contribution in [2.45, 2.75) is 38.6 Å². The molecule has 2 saturated heterocycles. The highest BCUT2D eigenvalue weighted by Gasteiger charge is 2.26. The minimum absolute atomic E-state index is 0.00896. The van der Waals surface area contributed by atoms with Crippen LogP contribution in [0.15, 0.2) is 12.4 Å². The van der Waals surface area contributed by atoms with Crippen LogP contribution in [0.1, 0.15) is 13.8 Å². The first-order valence-corrected chi connectivity index (χ1v) is 8.59. The first kappa shape index (κ1) is 17.8.